The Bertz CT molecular complexity index is 487. The van der Waals surface area contributed by atoms with Crippen LogP contribution in [0.3, 0.4) is 0 Å². The number of hydrogen-bond donors (Lipinski definition) is 2. The molecule has 18 heavy (non-hydrogen) atoms. The van der Waals surface area contributed by atoms with Gasteiger partial charge in [-0.3, -0.25) is 4.79 Å². The highest BCUT2D eigenvalue weighted by Gasteiger charge is 2.22. The van der Waals surface area contributed by atoms with Crippen molar-refractivity contribution in [3.63, 3.8) is 0 Å². The molecule has 0 spiro atoms. The number of nitrogens with one attached hydrogen (secondary N) is 1. The Labute approximate surface area is 104 Å². The van der Waals surface area contributed by atoms with Gasteiger partial charge in [-0.05, 0) is 18.2 Å². The molecule has 0 fully saturated rings. The van der Waals surface area contributed by atoms with E-state index in [0.717, 1.165) is 5.69 Å². The van der Waals surface area contributed by atoms with Gasteiger partial charge in [0.15, 0.2) is 0 Å². The topological polar surface area (TPSA) is 78.9 Å². The van der Waals surface area contributed by atoms with Crippen LogP contribution in [0.15, 0.2) is 18.2 Å². The molecule has 1 aliphatic heterocycles. The van der Waals surface area contributed by atoms with Crippen LogP contribution in [0.5, 0.6) is 0 Å². The third-order valence-electron chi connectivity index (χ3n) is 2.76. The van der Waals surface area contributed by atoms with Gasteiger partial charge in [-0.1, -0.05) is 0 Å². The molecule has 0 atom stereocenters. The number of fused-ring (bicyclic) bond motifs is 1. The SMILES string of the molecule is COCCN1CC(=O)Nc2cc(C(=O)O)ccc21. The number of methoxy groups -OCH3 is 1. The molecule has 2 rings (SSSR count). The highest BCUT2D eigenvalue weighted by atomic mass is 16.5. The number of carbonyl (C=O) groups is 2. The first-order valence-corrected chi connectivity index (χ1v) is 5.53. The average Bonchev–Trinajstić information content (AvgIpc) is 2.34. The lowest BCUT2D eigenvalue weighted by Crippen LogP contribution is -2.40. The van der Waals surface area contributed by atoms with Crippen molar-refractivity contribution in [1.29, 1.82) is 0 Å². The molecule has 1 aromatic carbocycles. The van der Waals surface area contributed by atoms with E-state index >= 15 is 0 Å². The molecule has 1 heterocycles. The summed E-state index contributed by atoms with van der Waals surface area (Å²) >= 11 is 0. The molecule has 0 saturated heterocycles. The summed E-state index contributed by atoms with van der Waals surface area (Å²) in [5.74, 6) is -1.16. The fourth-order valence-corrected chi connectivity index (χ4v) is 1.89. The first kappa shape index (κ1) is 12.4. The average molecular weight is 250 g/mol. The molecular formula is C12H14N2O4. The number of nitrogens with zero attached hydrogens (tertiary/aromatic N) is 1. The zero-order valence-electron chi connectivity index (χ0n) is 9.97. The van der Waals surface area contributed by atoms with Crippen LogP contribution in [-0.2, 0) is 9.53 Å². The zero-order valence-corrected chi connectivity index (χ0v) is 9.97. The van der Waals surface area contributed by atoms with Gasteiger partial charge >= 0.3 is 5.97 Å². The van der Waals surface area contributed by atoms with E-state index in [-0.39, 0.29) is 18.0 Å². The van der Waals surface area contributed by atoms with Crippen molar-refractivity contribution in [3.8, 4) is 0 Å². The van der Waals surface area contributed by atoms with Crippen LogP contribution in [0.1, 0.15) is 10.4 Å². The number of carboxylic acid groups (broad SMARTS) is 1. The normalized spacial score (nSPS) is 14.1. The summed E-state index contributed by atoms with van der Waals surface area (Å²) in [5.41, 5.74) is 1.50. The number of carboxylic acids is 1. The lowest BCUT2D eigenvalue weighted by Gasteiger charge is -2.30. The second-order valence-electron chi connectivity index (χ2n) is 4.00. The van der Waals surface area contributed by atoms with Crippen LogP contribution in [0.4, 0.5) is 11.4 Å². The number of ether oxygens (including phenoxy) is 1. The van der Waals surface area contributed by atoms with Crippen LogP contribution in [0, 0.1) is 0 Å². The minimum atomic E-state index is -1.01. The van der Waals surface area contributed by atoms with Gasteiger partial charge in [-0.25, -0.2) is 4.79 Å². The van der Waals surface area contributed by atoms with Crippen molar-refractivity contribution in [2.45, 2.75) is 0 Å². The Morgan fingerprint density at radius 2 is 2.33 bits per heavy atom. The zero-order chi connectivity index (χ0) is 13.1. The summed E-state index contributed by atoms with van der Waals surface area (Å²) in [6.45, 7) is 1.35. The molecule has 0 unspecified atom stereocenters. The predicted octanol–water partition coefficient (Wildman–Crippen LogP) is 0.790. The summed E-state index contributed by atoms with van der Waals surface area (Å²) in [6.07, 6.45) is 0. The second-order valence-corrected chi connectivity index (χ2v) is 4.00. The monoisotopic (exact) mass is 250 g/mol. The fraction of sp³-hybridized carbons (Fsp3) is 0.333. The van der Waals surface area contributed by atoms with E-state index in [1.807, 2.05) is 4.90 Å². The van der Waals surface area contributed by atoms with E-state index in [9.17, 15) is 9.59 Å². The molecule has 0 aromatic heterocycles. The number of rotatable bonds is 4. The van der Waals surface area contributed by atoms with Gasteiger partial charge in [0, 0.05) is 13.7 Å². The van der Waals surface area contributed by atoms with Gasteiger partial charge in [-0.15, -0.1) is 0 Å². The van der Waals surface area contributed by atoms with Gasteiger partial charge in [0.2, 0.25) is 5.91 Å². The number of hydrogen-bond acceptors (Lipinski definition) is 4. The number of amides is 1. The third kappa shape index (κ3) is 2.43. The van der Waals surface area contributed by atoms with Crippen LogP contribution < -0.4 is 10.2 Å². The molecule has 1 amide bonds. The Morgan fingerprint density at radius 3 is 3.00 bits per heavy atom. The molecule has 0 bridgehead atoms. The molecule has 2 N–H and O–H groups in total. The largest absolute Gasteiger partial charge is 0.478 e. The molecule has 0 saturated carbocycles. The highest BCUT2D eigenvalue weighted by molar-refractivity contribution is 6.03. The number of anilines is 2. The van der Waals surface area contributed by atoms with Gasteiger partial charge < -0.3 is 20.1 Å². The van der Waals surface area contributed by atoms with Crippen molar-refractivity contribution >= 4 is 23.3 Å². The molecule has 6 heteroatoms. The van der Waals surface area contributed by atoms with Crippen molar-refractivity contribution in [3.05, 3.63) is 23.8 Å². The molecule has 6 nitrogen and oxygen atoms in total. The Morgan fingerprint density at radius 1 is 1.56 bits per heavy atom. The van der Waals surface area contributed by atoms with Crippen molar-refractivity contribution in [2.75, 3.05) is 37.0 Å². The Kier molecular flexibility index (Phi) is 3.47. The Hall–Kier alpha value is -2.08. The quantitative estimate of drug-likeness (QED) is 0.826. The van der Waals surface area contributed by atoms with Crippen LogP contribution in [-0.4, -0.2) is 43.8 Å². The van der Waals surface area contributed by atoms with Gasteiger partial charge in [-0.2, -0.15) is 0 Å². The maximum absolute atomic E-state index is 11.5. The van der Waals surface area contributed by atoms with Gasteiger partial charge in [0.1, 0.15) is 0 Å². The summed E-state index contributed by atoms with van der Waals surface area (Å²) in [7, 11) is 1.60. The molecule has 0 aliphatic carbocycles. The smallest absolute Gasteiger partial charge is 0.335 e. The van der Waals surface area contributed by atoms with E-state index in [1.54, 1.807) is 13.2 Å². The molecule has 96 valence electrons. The maximum Gasteiger partial charge on any atom is 0.335 e. The van der Waals surface area contributed by atoms with Crippen molar-refractivity contribution < 1.29 is 19.4 Å². The van der Waals surface area contributed by atoms with Gasteiger partial charge in [0.05, 0.1) is 30.1 Å². The van der Waals surface area contributed by atoms with Crippen molar-refractivity contribution in [1.82, 2.24) is 0 Å². The number of benzene rings is 1. The highest BCUT2D eigenvalue weighted by Crippen LogP contribution is 2.30. The van der Waals surface area contributed by atoms with E-state index in [0.29, 0.717) is 18.8 Å². The van der Waals surface area contributed by atoms with Crippen LogP contribution >= 0.6 is 0 Å². The fourth-order valence-electron chi connectivity index (χ4n) is 1.89. The summed E-state index contributed by atoms with van der Waals surface area (Å²) in [5, 5.41) is 11.6. The van der Waals surface area contributed by atoms with E-state index in [4.69, 9.17) is 9.84 Å². The summed E-state index contributed by atoms with van der Waals surface area (Å²) in [4.78, 5) is 24.3. The minimum Gasteiger partial charge on any atom is -0.478 e. The second kappa shape index (κ2) is 5.05. The Balaban J connectivity index is 2.31. The third-order valence-corrected chi connectivity index (χ3v) is 2.76. The minimum absolute atomic E-state index is 0.152. The van der Waals surface area contributed by atoms with Gasteiger partial charge in [0.25, 0.3) is 0 Å². The molecule has 0 radical (unpaired) electrons. The van der Waals surface area contributed by atoms with Crippen LogP contribution in [0.2, 0.25) is 0 Å². The maximum atomic E-state index is 11.5. The molecule has 1 aliphatic rings. The van der Waals surface area contributed by atoms with E-state index < -0.39 is 5.97 Å². The standard InChI is InChI=1S/C12H14N2O4/c1-18-5-4-14-7-11(15)13-9-6-8(12(16)17)2-3-10(9)14/h2-3,6H,4-5,7H2,1H3,(H,13,15)(H,16,17). The number of carbonyl (C=O) groups excluding carboxylic acids is 1. The molecule has 1 aromatic rings. The van der Waals surface area contributed by atoms with Crippen molar-refractivity contribution in [2.24, 2.45) is 0 Å². The summed E-state index contributed by atoms with van der Waals surface area (Å²) < 4.78 is 4.99. The molecular weight excluding hydrogens is 236 g/mol. The van der Waals surface area contributed by atoms with E-state index in [2.05, 4.69) is 5.32 Å². The first-order valence-electron chi connectivity index (χ1n) is 5.53. The lowest BCUT2D eigenvalue weighted by molar-refractivity contribution is -0.115. The van der Waals surface area contributed by atoms with E-state index in [1.165, 1.54) is 12.1 Å². The predicted molar refractivity (Wildman–Crippen MR) is 66.1 cm³/mol. The van der Waals surface area contributed by atoms with Crippen LogP contribution in [0.25, 0.3) is 0 Å². The number of aromatic carboxylic acids is 1. The lowest BCUT2D eigenvalue weighted by atomic mass is 10.1. The summed E-state index contributed by atoms with van der Waals surface area (Å²) in [6, 6.07) is 4.70. The first-order chi connectivity index (χ1) is 8.61.